The molecule has 0 bridgehead atoms. The Hall–Kier alpha value is -2.25. The molecule has 1 atom stereocenters. The second-order valence-electron chi connectivity index (χ2n) is 5.05. The number of nitrogens with one attached hydrogen (secondary N) is 1. The number of hydrogen-bond acceptors (Lipinski definition) is 3. The van der Waals surface area contributed by atoms with E-state index in [0.29, 0.717) is 4.68 Å². The monoisotopic (exact) mass is 311 g/mol. The van der Waals surface area contributed by atoms with Crippen LogP contribution in [0.4, 0.5) is 8.78 Å². The highest BCUT2D eigenvalue weighted by atomic mass is 19.3. The Balaban J connectivity index is 2.16. The standard InChI is InChI=1S/C14H19F2N5O/c1-5-20-10(4)12(9(3)18-20)8(2)17-13(22)11-6-7-21(19-11)14(15)16/h6-8,14H,5H2,1-4H3,(H,17,22)/t8-/m0/s1. The van der Waals surface area contributed by atoms with Gasteiger partial charge in [0.25, 0.3) is 5.91 Å². The number of carbonyl (C=O) groups excluding carboxylic acids is 1. The van der Waals surface area contributed by atoms with Gasteiger partial charge in [-0.2, -0.15) is 19.0 Å². The Kier molecular flexibility index (Phi) is 4.58. The van der Waals surface area contributed by atoms with Crippen molar-refractivity contribution in [2.75, 3.05) is 0 Å². The maximum absolute atomic E-state index is 12.5. The smallest absolute Gasteiger partial charge is 0.333 e. The highest BCUT2D eigenvalue weighted by molar-refractivity contribution is 5.92. The van der Waals surface area contributed by atoms with Crippen LogP contribution in [-0.4, -0.2) is 25.5 Å². The summed E-state index contributed by atoms with van der Waals surface area (Å²) in [5.41, 5.74) is 2.71. The topological polar surface area (TPSA) is 64.7 Å². The SMILES string of the molecule is CCn1nc(C)c([C@H](C)NC(=O)c2ccn(C(F)F)n2)c1C. The van der Waals surface area contributed by atoms with E-state index in [2.05, 4.69) is 15.5 Å². The zero-order valence-corrected chi connectivity index (χ0v) is 13.0. The van der Waals surface area contributed by atoms with Gasteiger partial charge in [0.1, 0.15) is 5.69 Å². The van der Waals surface area contributed by atoms with Crippen LogP contribution in [0, 0.1) is 13.8 Å². The highest BCUT2D eigenvalue weighted by Crippen LogP contribution is 2.21. The predicted octanol–water partition coefficient (Wildman–Crippen LogP) is 2.60. The molecule has 0 aromatic carbocycles. The van der Waals surface area contributed by atoms with Crippen molar-refractivity contribution in [3.05, 3.63) is 34.9 Å². The van der Waals surface area contributed by atoms with Gasteiger partial charge in [-0.1, -0.05) is 0 Å². The fraction of sp³-hybridized carbons (Fsp3) is 0.500. The first kappa shape index (κ1) is 16.1. The molecule has 2 aromatic rings. The number of rotatable bonds is 5. The lowest BCUT2D eigenvalue weighted by Crippen LogP contribution is -2.28. The van der Waals surface area contributed by atoms with Crippen molar-refractivity contribution in [1.82, 2.24) is 24.9 Å². The number of amides is 1. The van der Waals surface area contributed by atoms with E-state index in [4.69, 9.17) is 0 Å². The van der Waals surface area contributed by atoms with Crippen LogP contribution in [0.5, 0.6) is 0 Å². The first-order valence-electron chi connectivity index (χ1n) is 7.03. The summed E-state index contributed by atoms with van der Waals surface area (Å²) in [7, 11) is 0. The maximum Gasteiger partial charge on any atom is 0.333 e. The van der Waals surface area contributed by atoms with Crippen molar-refractivity contribution in [1.29, 1.82) is 0 Å². The summed E-state index contributed by atoms with van der Waals surface area (Å²) in [5.74, 6) is -0.491. The van der Waals surface area contributed by atoms with E-state index in [1.807, 2.05) is 32.4 Å². The second-order valence-corrected chi connectivity index (χ2v) is 5.05. The first-order valence-corrected chi connectivity index (χ1v) is 7.03. The fourth-order valence-electron chi connectivity index (χ4n) is 2.56. The molecule has 6 nitrogen and oxygen atoms in total. The molecule has 2 aromatic heterocycles. The van der Waals surface area contributed by atoms with Gasteiger partial charge in [-0.05, 0) is 33.8 Å². The van der Waals surface area contributed by atoms with E-state index in [1.54, 1.807) is 0 Å². The Bertz CT molecular complexity index is 677. The number of aromatic nitrogens is 4. The quantitative estimate of drug-likeness (QED) is 0.923. The number of hydrogen-bond donors (Lipinski definition) is 1. The molecule has 2 rings (SSSR count). The van der Waals surface area contributed by atoms with Gasteiger partial charge in [0.15, 0.2) is 0 Å². The average Bonchev–Trinajstić information content (AvgIpc) is 3.03. The van der Waals surface area contributed by atoms with Crippen molar-refractivity contribution in [3.8, 4) is 0 Å². The van der Waals surface area contributed by atoms with E-state index < -0.39 is 12.5 Å². The molecule has 0 saturated carbocycles. The van der Waals surface area contributed by atoms with Crippen LogP contribution in [0.25, 0.3) is 0 Å². The van der Waals surface area contributed by atoms with Gasteiger partial charge < -0.3 is 5.32 Å². The molecule has 2 heterocycles. The van der Waals surface area contributed by atoms with Crippen LogP contribution in [0.2, 0.25) is 0 Å². The van der Waals surface area contributed by atoms with Crippen LogP contribution in [0.1, 0.15) is 53.9 Å². The summed E-state index contributed by atoms with van der Waals surface area (Å²) in [6.45, 7) is 5.62. The molecule has 120 valence electrons. The van der Waals surface area contributed by atoms with E-state index in [1.165, 1.54) is 6.07 Å². The molecular formula is C14H19F2N5O. The van der Waals surface area contributed by atoms with Gasteiger partial charge in [-0.3, -0.25) is 9.48 Å². The van der Waals surface area contributed by atoms with Crippen molar-refractivity contribution in [2.24, 2.45) is 0 Å². The van der Waals surface area contributed by atoms with Gasteiger partial charge in [0.2, 0.25) is 0 Å². The molecule has 0 aliphatic heterocycles. The normalized spacial score (nSPS) is 12.7. The summed E-state index contributed by atoms with van der Waals surface area (Å²) >= 11 is 0. The molecule has 22 heavy (non-hydrogen) atoms. The van der Waals surface area contributed by atoms with E-state index in [-0.39, 0.29) is 11.7 Å². The Morgan fingerprint density at radius 2 is 2.05 bits per heavy atom. The van der Waals surface area contributed by atoms with Gasteiger partial charge in [-0.25, -0.2) is 4.68 Å². The van der Waals surface area contributed by atoms with Crippen LogP contribution in [-0.2, 0) is 6.54 Å². The summed E-state index contributed by atoms with van der Waals surface area (Å²) in [6, 6.07) is 0.980. The van der Waals surface area contributed by atoms with Gasteiger partial charge >= 0.3 is 6.55 Å². The fourth-order valence-corrected chi connectivity index (χ4v) is 2.56. The lowest BCUT2D eigenvalue weighted by Gasteiger charge is -2.14. The molecular weight excluding hydrogens is 292 g/mol. The Morgan fingerprint density at radius 1 is 1.36 bits per heavy atom. The van der Waals surface area contributed by atoms with E-state index in [0.717, 1.165) is 29.7 Å². The molecule has 0 saturated heterocycles. The van der Waals surface area contributed by atoms with Gasteiger partial charge in [0, 0.05) is 24.0 Å². The molecule has 0 radical (unpaired) electrons. The van der Waals surface area contributed by atoms with Gasteiger partial charge in [0.05, 0.1) is 11.7 Å². The molecule has 1 amide bonds. The third-order valence-electron chi connectivity index (χ3n) is 3.56. The molecule has 0 spiro atoms. The maximum atomic E-state index is 12.5. The van der Waals surface area contributed by atoms with Crippen LogP contribution in [0.3, 0.4) is 0 Å². The zero-order valence-electron chi connectivity index (χ0n) is 13.0. The highest BCUT2D eigenvalue weighted by Gasteiger charge is 2.21. The minimum absolute atomic E-state index is 0.0367. The van der Waals surface area contributed by atoms with Crippen LogP contribution >= 0.6 is 0 Å². The van der Waals surface area contributed by atoms with Crippen LogP contribution < -0.4 is 5.32 Å². The molecule has 0 aliphatic rings. The molecule has 0 fully saturated rings. The molecule has 8 heteroatoms. The predicted molar refractivity (Wildman–Crippen MR) is 76.7 cm³/mol. The lowest BCUT2D eigenvalue weighted by atomic mass is 10.1. The van der Waals surface area contributed by atoms with E-state index >= 15 is 0 Å². The summed E-state index contributed by atoms with van der Waals surface area (Å²) in [5, 5.41) is 10.7. The Morgan fingerprint density at radius 3 is 2.55 bits per heavy atom. The minimum atomic E-state index is -2.76. The number of nitrogens with zero attached hydrogens (tertiary/aromatic N) is 4. The van der Waals surface area contributed by atoms with Crippen molar-refractivity contribution < 1.29 is 13.6 Å². The average molecular weight is 311 g/mol. The van der Waals surface area contributed by atoms with Gasteiger partial charge in [-0.15, -0.1) is 0 Å². The summed E-state index contributed by atoms with van der Waals surface area (Å²) in [4.78, 5) is 12.1. The van der Waals surface area contributed by atoms with Crippen molar-refractivity contribution in [3.63, 3.8) is 0 Å². The van der Waals surface area contributed by atoms with Crippen LogP contribution in [0.15, 0.2) is 12.3 Å². The molecule has 0 aliphatic carbocycles. The number of halogens is 2. The summed E-state index contributed by atoms with van der Waals surface area (Å²) < 4.78 is 27.3. The first-order chi connectivity index (χ1) is 10.3. The van der Waals surface area contributed by atoms with Crippen molar-refractivity contribution in [2.45, 2.75) is 46.8 Å². The third kappa shape index (κ3) is 3.00. The Labute approximate surface area is 127 Å². The largest absolute Gasteiger partial charge is 0.344 e. The molecule has 0 unspecified atom stereocenters. The zero-order chi connectivity index (χ0) is 16.4. The minimum Gasteiger partial charge on any atom is -0.344 e. The second kappa shape index (κ2) is 6.25. The summed E-state index contributed by atoms with van der Waals surface area (Å²) in [6.07, 6.45) is 1.08. The number of alkyl halides is 2. The van der Waals surface area contributed by atoms with E-state index in [9.17, 15) is 13.6 Å². The number of aryl methyl sites for hydroxylation is 2. The lowest BCUT2D eigenvalue weighted by molar-refractivity contribution is 0.0559. The van der Waals surface area contributed by atoms with Crippen molar-refractivity contribution >= 4 is 5.91 Å². The third-order valence-corrected chi connectivity index (χ3v) is 3.56. The number of carbonyl (C=O) groups is 1. The molecule has 1 N–H and O–H groups in total.